The van der Waals surface area contributed by atoms with Gasteiger partial charge in [-0.25, -0.2) is 9.97 Å². The first-order valence-corrected chi connectivity index (χ1v) is 11.3. The molecule has 0 radical (unpaired) electrons. The average molecular weight is 445 g/mol. The van der Waals surface area contributed by atoms with Gasteiger partial charge in [-0.05, 0) is 42.4 Å². The lowest BCUT2D eigenvalue weighted by atomic mass is 9.79. The van der Waals surface area contributed by atoms with Gasteiger partial charge in [-0.3, -0.25) is 4.79 Å². The number of benzene rings is 2. The van der Waals surface area contributed by atoms with E-state index < -0.39 is 0 Å². The van der Waals surface area contributed by atoms with Gasteiger partial charge >= 0.3 is 5.97 Å². The van der Waals surface area contributed by atoms with E-state index in [1.807, 2.05) is 18.2 Å². The Kier molecular flexibility index (Phi) is 7.29. The van der Waals surface area contributed by atoms with Gasteiger partial charge in [-0.1, -0.05) is 59.8 Å². The zero-order chi connectivity index (χ0) is 23.0. The van der Waals surface area contributed by atoms with Crippen molar-refractivity contribution in [1.29, 1.82) is 0 Å². The predicted molar refractivity (Wildman–Crippen MR) is 128 cm³/mol. The Hall–Kier alpha value is -3.74. The van der Waals surface area contributed by atoms with Crippen molar-refractivity contribution < 1.29 is 14.4 Å². The van der Waals surface area contributed by atoms with Crippen LogP contribution < -0.4 is 5.73 Å². The molecular weight excluding hydrogens is 416 g/mol. The van der Waals surface area contributed by atoms with Crippen LogP contribution in [0.1, 0.15) is 48.9 Å². The Labute approximate surface area is 193 Å². The van der Waals surface area contributed by atoms with E-state index in [-0.39, 0.29) is 17.8 Å². The van der Waals surface area contributed by atoms with Crippen LogP contribution in [0.2, 0.25) is 0 Å². The summed E-state index contributed by atoms with van der Waals surface area (Å²) in [5.74, 6) is 0.198. The number of ether oxygens (including phenoxy) is 1. The monoisotopic (exact) mass is 444 g/mol. The number of fused-ring (bicyclic) bond motifs is 1. The second kappa shape index (κ2) is 10.7. The molecule has 0 fully saturated rings. The lowest BCUT2D eigenvalue weighted by Gasteiger charge is -2.27. The molecule has 170 valence electrons. The van der Waals surface area contributed by atoms with E-state index >= 15 is 0 Å². The highest BCUT2D eigenvalue weighted by Crippen LogP contribution is 2.37. The normalized spacial score (nSPS) is 16.3. The second-order valence-electron chi connectivity index (χ2n) is 7.93. The van der Waals surface area contributed by atoms with Gasteiger partial charge in [0, 0.05) is 24.6 Å². The number of nitrogens with zero attached hydrogens (tertiary/aromatic N) is 3. The summed E-state index contributed by atoms with van der Waals surface area (Å²) in [6.45, 7) is 2.51. The number of hydrogen-bond donors (Lipinski definition) is 1. The highest BCUT2D eigenvalue weighted by Gasteiger charge is 2.28. The molecule has 0 amide bonds. The first-order chi connectivity index (χ1) is 16.2. The minimum Gasteiger partial charge on any atom is -0.466 e. The Bertz CT molecular complexity index is 1130. The highest BCUT2D eigenvalue weighted by atomic mass is 16.6. The molecule has 0 aliphatic heterocycles. The van der Waals surface area contributed by atoms with Crippen LogP contribution in [-0.4, -0.2) is 34.9 Å². The number of hydrogen-bond acceptors (Lipinski definition) is 7. The SMILES string of the molecule is CCOC(=O)CCCON=C1CC(c2ccccc2-c2ccccc2)Cc2nc(N)ncc21. The summed E-state index contributed by atoms with van der Waals surface area (Å²) in [5, 5.41) is 4.42. The van der Waals surface area contributed by atoms with Crippen LogP contribution in [0.15, 0.2) is 65.9 Å². The van der Waals surface area contributed by atoms with Gasteiger partial charge < -0.3 is 15.3 Å². The van der Waals surface area contributed by atoms with Crippen molar-refractivity contribution in [2.24, 2.45) is 5.16 Å². The standard InChI is InChI=1S/C26H28N4O3/c1-2-32-25(31)13-8-14-33-30-24-16-19(15-23-22(24)17-28-26(27)29-23)21-12-7-6-11-20(21)18-9-4-3-5-10-18/h3-7,9-12,17,19H,2,8,13-16H2,1H3,(H2,27,28,29). The van der Waals surface area contributed by atoms with Gasteiger partial charge in [0.2, 0.25) is 5.95 Å². The summed E-state index contributed by atoms with van der Waals surface area (Å²) >= 11 is 0. The van der Waals surface area contributed by atoms with Crippen LogP contribution in [0, 0.1) is 0 Å². The molecule has 0 saturated heterocycles. The van der Waals surface area contributed by atoms with Crippen LogP contribution in [0.4, 0.5) is 5.95 Å². The average Bonchev–Trinajstić information content (AvgIpc) is 2.84. The van der Waals surface area contributed by atoms with Gasteiger partial charge in [-0.15, -0.1) is 0 Å². The summed E-state index contributed by atoms with van der Waals surface area (Å²) in [4.78, 5) is 25.8. The molecule has 7 nitrogen and oxygen atoms in total. The van der Waals surface area contributed by atoms with Crippen LogP contribution in [0.5, 0.6) is 0 Å². The predicted octanol–water partition coefficient (Wildman–Crippen LogP) is 4.52. The molecule has 0 spiro atoms. The molecule has 0 saturated carbocycles. The Morgan fingerprint density at radius 3 is 2.70 bits per heavy atom. The summed E-state index contributed by atoms with van der Waals surface area (Å²) in [6, 6.07) is 18.8. The fourth-order valence-corrected chi connectivity index (χ4v) is 4.16. The fourth-order valence-electron chi connectivity index (χ4n) is 4.16. The summed E-state index contributed by atoms with van der Waals surface area (Å²) in [6.07, 6.45) is 4.01. The van der Waals surface area contributed by atoms with Crippen molar-refractivity contribution in [1.82, 2.24) is 9.97 Å². The molecule has 1 unspecified atom stereocenters. The number of nitrogens with two attached hydrogens (primary N) is 1. The number of nitrogen functional groups attached to an aromatic ring is 1. The van der Waals surface area contributed by atoms with Crippen molar-refractivity contribution in [3.8, 4) is 11.1 Å². The zero-order valence-corrected chi connectivity index (χ0v) is 18.7. The largest absolute Gasteiger partial charge is 0.466 e. The van der Waals surface area contributed by atoms with E-state index in [1.165, 1.54) is 16.7 Å². The minimum atomic E-state index is -0.224. The lowest BCUT2D eigenvalue weighted by molar-refractivity contribution is -0.143. The number of anilines is 1. The third-order valence-corrected chi connectivity index (χ3v) is 5.66. The van der Waals surface area contributed by atoms with E-state index in [0.29, 0.717) is 32.5 Å². The molecule has 1 aliphatic carbocycles. The molecule has 1 aliphatic rings. The number of oxime groups is 1. The zero-order valence-electron chi connectivity index (χ0n) is 18.7. The second-order valence-corrected chi connectivity index (χ2v) is 7.93. The van der Waals surface area contributed by atoms with Crippen molar-refractivity contribution in [2.75, 3.05) is 18.9 Å². The number of esters is 1. The van der Waals surface area contributed by atoms with Crippen molar-refractivity contribution in [3.63, 3.8) is 0 Å². The summed E-state index contributed by atoms with van der Waals surface area (Å²) < 4.78 is 4.95. The van der Waals surface area contributed by atoms with Gasteiger partial charge in [0.1, 0.15) is 6.61 Å². The first kappa shape index (κ1) is 22.5. The van der Waals surface area contributed by atoms with Crippen LogP contribution in [0.3, 0.4) is 0 Å². The maximum absolute atomic E-state index is 11.5. The first-order valence-electron chi connectivity index (χ1n) is 11.3. The van der Waals surface area contributed by atoms with E-state index in [0.717, 1.165) is 23.4 Å². The molecular formula is C26H28N4O3. The van der Waals surface area contributed by atoms with Gasteiger partial charge in [0.15, 0.2) is 0 Å². The van der Waals surface area contributed by atoms with Crippen LogP contribution in [0.25, 0.3) is 11.1 Å². The van der Waals surface area contributed by atoms with E-state index in [9.17, 15) is 4.79 Å². The number of carbonyl (C=O) groups is 1. The van der Waals surface area contributed by atoms with Crippen molar-refractivity contribution >= 4 is 17.6 Å². The smallest absolute Gasteiger partial charge is 0.305 e. The molecule has 2 aromatic carbocycles. The maximum atomic E-state index is 11.5. The third kappa shape index (κ3) is 5.55. The van der Waals surface area contributed by atoms with E-state index in [1.54, 1.807) is 13.1 Å². The Morgan fingerprint density at radius 2 is 1.88 bits per heavy atom. The van der Waals surface area contributed by atoms with E-state index in [2.05, 4.69) is 51.5 Å². The number of rotatable bonds is 8. The minimum absolute atomic E-state index is 0.171. The van der Waals surface area contributed by atoms with Crippen molar-refractivity contribution in [3.05, 3.63) is 77.6 Å². The summed E-state index contributed by atoms with van der Waals surface area (Å²) in [7, 11) is 0. The van der Waals surface area contributed by atoms with Gasteiger partial charge in [0.25, 0.3) is 0 Å². The quantitative estimate of drug-likeness (QED) is 0.311. The molecule has 1 heterocycles. The molecule has 0 bridgehead atoms. The van der Waals surface area contributed by atoms with Crippen LogP contribution >= 0.6 is 0 Å². The third-order valence-electron chi connectivity index (χ3n) is 5.66. The lowest BCUT2D eigenvalue weighted by Crippen LogP contribution is -2.22. The Balaban J connectivity index is 1.57. The molecule has 1 aromatic heterocycles. The fraction of sp³-hybridized carbons (Fsp3) is 0.308. The van der Waals surface area contributed by atoms with Gasteiger partial charge in [0.05, 0.1) is 18.0 Å². The molecule has 2 N–H and O–H groups in total. The molecule has 7 heteroatoms. The van der Waals surface area contributed by atoms with E-state index in [4.69, 9.17) is 15.3 Å². The summed E-state index contributed by atoms with van der Waals surface area (Å²) in [5.41, 5.74) is 12.0. The molecule has 4 rings (SSSR count). The van der Waals surface area contributed by atoms with Gasteiger partial charge in [-0.2, -0.15) is 0 Å². The molecule has 1 atom stereocenters. The number of aromatic nitrogens is 2. The molecule has 33 heavy (non-hydrogen) atoms. The molecule has 3 aromatic rings. The number of carbonyl (C=O) groups excluding carboxylic acids is 1. The van der Waals surface area contributed by atoms with Crippen molar-refractivity contribution in [2.45, 2.75) is 38.5 Å². The topological polar surface area (TPSA) is 99.7 Å². The highest BCUT2D eigenvalue weighted by molar-refractivity contribution is 6.02. The van der Waals surface area contributed by atoms with Crippen LogP contribution in [-0.2, 0) is 20.8 Å². The Morgan fingerprint density at radius 1 is 1.09 bits per heavy atom. The maximum Gasteiger partial charge on any atom is 0.305 e.